The second kappa shape index (κ2) is 15.3. The fraction of sp³-hybridized carbons (Fsp3) is 0.556. The molecule has 1 saturated carbocycles. The first kappa shape index (κ1) is 33.8. The maximum Gasteiger partial charge on any atom is 0.317 e. The van der Waals surface area contributed by atoms with E-state index < -0.39 is 17.7 Å². The molecule has 2 aliphatic carbocycles. The molecule has 0 bridgehead atoms. The second-order valence-electron chi connectivity index (χ2n) is 12.8. The third kappa shape index (κ3) is 7.04. The number of likely N-dealkylation sites (N-methyl/N-ethyl adjacent to an activating group) is 1. The predicted molar refractivity (Wildman–Crippen MR) is 175 cm³/mol. The molecule has 2 amide bonds. The van der Waals surface area contributed by atoms with Gasteiger partial charge in [0.15, 0.2) is 0 Å². The number of carbonyl (C=O) groups excluding carboxylic acids is 1. The Hall–Kier alpha value is -3.60. The summed E-state index contributed by atoms with van der Waals surface area (Å²) in [5.74, 6) is -1.94. The number of unbranched alkanes of at least 4 members (excludes halogenated alkanes) is 2. The van der Waals surface area contributed by atoms with Crippen LogP contribution in [0.2, 0.25) is 0 Å². The Kier molecular flexibility index (Phi) is 11.2. The van der Waals surface area contributed by atoms with Gasteiger partial charge in [0.05, 0.1) is 11.6 Å². The number of rotatable bonds is 14. The number of ether oxygens (including phenoxy) is 1. The highest BCUT2D eigenvalue weighted by Crippen LogP contribution is 2.60. The van der Waals surface area contributed by atoms with Crippen LogP contribution in [0.15, 0.2) is 65.3 Å². The number of carbonyl (C=O) groups is 1. The summed E-state index contributed by atoms with van der Waals surface area (Å²) in [6, 6.07) is 13.7. The monoisotopic (exact) mass is 635 g/mol. The lowest BCUT2D eigenvalue weighted by Gasteiger charge is -2.58. The molecule has 2 aromatic carbocycles. The molecule has 46 heavy (non-hydrogen) atoms. The zero-order chi connectivity index (χ0) is 32.7. The summed E-state index contributed by atoms with van der Waals surface area (Å²) in [7, 11) is 1.68. The number of phenols is 1. The van der Waals surface area contributed by atoms with E-state index in [1.165, 1.54) is 4.90 Å². The van der Waals surface area contributed by atoms with Gasteiger partial charge in [-0.3, -0.25) is 0 Å². The van der Waals surface area contributed by atoms with Crippen molar-refractivity contribution in [3.05, 3.63) is 71.3 Å². The van der Waals surface area contributed by atoms with E-state index in [0.29, 0.717) is 30.8 Å². The number of fused-ring (bicyclic) bond motifs is 2. The first-order valence-corrected chi connectivity index (χ1v) is 16.7. The Balaban J connectivity index is 1.64. The van der Waals surface area contributed by atoms with Crippen LogP contribution in [-0.4, -0.2) is 75.7 Å². The van der Waals surface area contributed by atoms with Gasteiger partial charge in [0.25, 0.3) is 0 Å². The summed E-state index contributed by atoms with van der Waals surface area (Å²) >= 11 is 0. The van der Waals surface area contributed by atoms with Gasteiger partial charge in [-0.05, 0) is 73.3 Å². The van der Waals surface area contributed by atoms with Gasteiger partial charge in [-0.25, -0.2) is 4.79 Å². The van der Waals surface area contributed by atoms with Crippen LogP contribution < -0.4 is 10.1 Å². The Morgan fingerprint density at radius 3 is 2.54 bits per heavy atom. The molecule has 10 nitrogen and oxygen atoms in total. The first-order chi connectivity index (χ1) is 22.3. The summed E-state index contributed by atoms with van der Waals surface area (Å²) in [5, 5.41) is 50.3. The lowest BCUT2D eigenvalue weighted by molar-refractivity contribution is -0.226. The van der Waals surface area contributed by atoms with Crippen LogP contribution >= 0.6 is 0 Å². The van der Waals surface area contributed by atoms with Gasteiger partial charge in [0.2, 0.25) is 5.79 Å². The smallest absolute Gasteiger partial charge is 0.317 e. The number of allylic oxidation sites excluding steroid dienone is 1. The maximum atomic E-state index is 13.4. The zero-order valence-electron chi connectivity index (χ0n) is 27.0. The minimum Gasteiger partial charge on any atom is -0.508 e. The molecule has 250 valence electrons. The van der Waals surface area contributed by atoms with E-state index in [0.717, 1.165) is 48.8 Å². The number of nitrogens with zero attached hydrogens (tertiary/aromatic N) is 2. The van der Waals surface area contributed by atoms with Crippen LogP contribution in [0.25, 0.3) is 0 Å². The molecule has 1 heterocycles. The van der Waals surface area contributed by atoms with Gasteiger partial charge in [-0.1, -0.05) is 61.3 Å². The standard InChI is InChI=1S/C36H49N3O7/c1-3-17-37-35(43)39(2)32-22-30(38-45-23-24-11-5-4-6-12-24)28-20-25(13-7-9-18-40)27(14-8-10-19-41)33-29-21-26(42)15-16-31(29)46-36(32,44)34(28)33/h4-6,11-12,15-16,20-21,25,27,32-34,40-42,44H,3,7-10,13-14,17-19,22-23H2,1-2H3,(H,37,43)/t25-,27+,32-,33+,34+,36+/m0/s1. The van der Waals surface area contributed by atoms with Crippen molar-refractivity contribution in [1.82, 2.24) is 10.2 Å². The normalized spacial score (nSPS) is 27.2. The highest BCUT2D eigenvalue weighted by Gasteiger charge is 2.63. The molecule has 0 saturated heterocycles. The molecule has 5 N–H and O–H groups in total. The molecule has 5 rings (SSSR count). The Labute approximate surface area is 271 Å². The Bertz CT molecular complexity index is 1380. The number of nitrogens with one attached hydrogen (secondary N) is 1. The van der Waals surface area contributed by atoms with E-state index in [-0.39, 0.29) is 55.8 Å². The largest absolute Gasteiger partial charge is 0.508 e. The van der Waals surface area contributed by atoms with Crippen molar-refractivity contribution >= 4 is 11.7 Å². The summed E-state index contributed by atoms with van der Waals surface area (Å²) in [4.78, 5) is 20.9. The number of benzene rings is 2. The average Bonchev–Trinajstić information content (AvgIpc) is 3.06. The van der Waals surface area contributed by atoms with Crippen LogP contribution in [0.1, 0.15) is 75.3 Å². The molecular weight excluding hydrogens is 586 g/mol. The number of oxime groups is 1. The first-order valence-electron chi connectivity index (χ1n) is 16.7. The number of amides is 2. The van der Waals surface area contributed by atoms with Crippen molar-refractivity contribution in [3.63, 3.8) is 0 Å². The van der Waals surface area contributed by atoms with E-state index >= 15 is 0 Å². The van der Waals surface area contributed by atoms with Gasteiger partial charge in [-0.2, -0.15) is 0 Å². The van der Waals surface area contributed by atoms with E-state index in [1.54, 1.807) is 25.2 Å². The quantitative estimate of drug-likeness (QED) is 0.144. The van der Waals surface area contributed by atoms with Crippen LogP contribution in [0.4, 0.5) is 4.79 Å². The number of hydrogen-bond acceptors (Lipinski definition) is 8. The third-order valence-electron chi connectivity index (χ3n) is 9.82. The van der Waals surface area contributed by atoms with Crippen molar-refractivity contribution in [3.8, 4) is 11.5 Å². The highest BCUT2D eigenvalue weighted by molar-refractivity contribution is 6.03. The van der Waals surface area contributed by atoms with Crippen LogP contribution in [0.5, 0.6) is 11.5 Å². The fourth-order valence-corrected chi connectivity index (χ4v) is 7.62. The fourth-order valence-electron chi connectivity index (χ4n) is 7.62. The SMILES string of the molecule is CCCNC(=O)N(C)[C@H]1CC(=NOCc2ccccc2)C2=C[C@H](CCCCO)[C@@H](CCCCO)[C@@H]3c4cc(O)ccc4O[C@@]1(O)[C@H]23. The molecule has 10 heteroatoms. The number of urea groups is 1. The van der Waals surface area contributed by atoms with Crippen molar-refractivity contribution in [2.45, 2.75) is 82.6 Å². The predicted octanol–water partition coefficient (Wildman–Crippen LogP) is 5.07. The summed E-state index contributed by atoms with van der Waals surface area (Å²) in [6.45, 7) is 2.96. The molecule has 1 aliphatic heterocycles. The summed E-state index contributed by atoms with van der Waals surface area (Å²) in [6.07, 6.45) is 7.76. The van der Waals surface area contributed by atoms with Gasteiger partial charge < -0.3 is 40.2 Å². The maximum absolute atomic E-state index is 13.4. The zero-order valence-corrected chi connectivity index (χ0v) is 27.0. The van der Waals surface area contributed by atoms with E-state index in [9.17, 15) is 25.2 Å². The number of aromatic hydroxyl groups is 1. The minimum absolute atomic E-state index is 0.0411. The Morgan fingerprint density at radius 1 is 1.09 bits per heavy atom. The van der Waals surface area contributed by atoms with Crippen LogP contribution in [0, 0.1) is 17.8 Å². The summed E-state index contributed by atoms with van der Waals surface area (Å²) < 4.78 is 6.55. The molecular formula is C36H49N3O7. The van der Waals surface area contributed by atoms with E-state index in [4.69, 9.17) is 9.57 Å². The Morgan fingerprint density at radius 2 is 1.83 bits per heavy atom. The second-order valence-corrected chi connectivity index (χ2v) is 12.8. The molecule has 1 fully saturated rings. The van der Waals surface area contributed by atoms with Gasteiger partial charge in [0, 0.05) is 44.7 Å². The van der Waals surface area contributed by atoms with E-state index in [1.807, 2.05) is 37.3 Å². The average molecular weight is 636 g/mol. The molecule has 6 atom stereocenters. The lowest BCUT2D eigenvalue weighted by atomic mass is 9.55. The molecule has 0 aromatic heterocycles. The van der Waals surface area contributed by atoms with E-state index in [2.05, 4.69) is 16.5 Å². The van der Waals surface area contributed by atoms with Crippen LogP contribution in [0.3, 0.4) is 0 Å². The summed E-state index contributed by atoms with van der Waals surface area (Å²) in [5.41, 5.74) is 3.27. The van der Waals surface area contributed by atoms with Gasteiger partial charge in [-0.15, -0.1) is 0 Å². The molecule has 0 radical (unpaired) electrons. The van der Waals surface area contributed by atoms with Gasteiger partial charge in [0.1, 0.15) is 24.1 Å². The van der Waals surface area contributed by atoms with Crippen molar-refractivity contribution in [1.29, 1.82) is 0 Å². The topological polar surface area (TPSA) is 144 Å². The molecule has 0 spiro atoms. The number of hydrogen-bond donors (Lipinski definition) is 5. The molecule has 0 unspecified atom stereocenters. The van der Waals surface area contributed by atoms with Crippen molar-refractivity contribution in [2.75, 3.05) is 26.8 Å². The minimum atomic E-state index is -1.79. The molecule has 2 aromatic rings. The molecule has 3 aliphatic rings. The third-order valence-corrected chi connectivity index (χ3v) is 9.82. The van der Waals surface area contributed by atoms with Gasteiger partial charge >= 0.3 is 6.03 Å². The van der Waals surface area contributed by atoms with Crippen molar-refractivity contribution in [2.24, 2.45) is 22.9 Å². The number of aliphatic hydroxyl groups excluding tert-OH is 2. The number of aliphatic hydroxyl groups is 3. The highest BCUT2D eigenvalue weighted by atomic mass is 16.6. The van der Waals surface area contributed by atoms with Crippen LogP contribution in [-0.2, 0) is 11.4 Å². The number of phenolic OH excluding ortho intramolecular Hbond substituents is 1. The lowest BCUT2D eigenvalue weighted by Crippen LogP contribution is -2.69. The van der Waals surface area contributed by atoms with Crippen molar-refractivity contribution < 1.29 is 34.8 Å².